The molecule has 4 rings (SSSR count). The topological polar surface area (TPSA) is 75.7 Å². The zero-order valence-electron chi connectivity index (χ0n) is 18.3. The maximum Gasteiger partial charge on any atom is 0.337 e. The summed E-state index contributed by atoms with van der Waals surface area (Å²) in [6.07, 6.45) is 1.47. The SMILES string of the molecule is COC(=O)c1ccc(C)c(NC(=O)C2CCCN(C(=O)c3cccc4ccccc34)C2)c1. The van der Waals surface area contributed by atoms with E-state index in [2.05, 4.69) is 5.32 Å². The molecule has 0 aliphatic carbocycles. The first-order valence-corrected chi connectivity index (χ1v) is 10.7. The zero-order valence-corrected chi connectivity index (χ0v) is 18.3. The molecule has 1 unspecified atom stereocenters. The van der Waals surface area contributed by atoms with Gasteiger partial charge in [-0.2, -0.15) is 0 Å². The van der Waals surface area contributed by atoms with Crippen LogP contribution in [0.5, 0.6) is 0 Å². The number of nitrogens with one attached hydrogen (secondary N) is 1. The standard InChI is InChI=1S/C26H26N2O4/c1-17-12-13-19(26(31)32-2)15-23(17)27-24(29)20-9-6-14-28(16-20)25(30)22-11-5-8-18-7-3-4-10-21(18)22/h3-5,7-8,10-13,15,20H,6,9,14,16H2,1-2H3,(H,27,29). The van der Waals surface area contributed by atoms with Gasteiger partial charge in [-0.25, -0.2) is 4.79 Å². The molecular formula is C26H26N2O4. The molecule has 0 bridgehead atoms. The normalized spacial score (nSPS) is 15.9. The molecule has 3 aromatic rings. The molecule has 6 nitrogen and oxygen atoms in total. The quantitative estimate of drug-likeness (QED) is 0.622. The second-order valence-corrected chi connectivity index (χ2v) is 8.13. The summed E-state index contributed by atoms with van der Waals surface area (Å²) in [7, 11) is 1.32. The van der Waals surface area contributed by atoms with E-state index < -0.39 is 5.97 Å². The lowest BCUT2D eigenvalue weighted by molar-refractivity contribution is -0.121. The maximum absolute atomic E-state index is 13.3. The minimum absolute atomic E-state index is 0.0526. The number of hydrogen-bond donors (Lipinski definition) is 1. The molecule has 2 amide bonds. The van der Waals surface area contributed by atoms with E-state index in [1.807, 2.05) is 49.4 Å². The molecule has 1 fully saturated rings. The molecule has 3 aromatic carbocycles. The number of anilines is 1. The van der Waals surface area contributed by atoms with Crippen LogP contribution < -0.4 is 5.32 Å². The summed E-state index contributed by atoms with van der Waals surface area (Å²) in [5.41, 5.74) is 2.47. The van der Waals surface area contributed by atoms with Crippen LogP contribution in [-0.2, 0) is 9.53 Å². The van der Waals surface area contributed by atoms with Crippen molar-refractivity contribution in [2.24, 2.45) is 5.92 Å². The highest BCUT2D eigenvalue weighted by Gasteiger charge is 2.30. The Morgan fingerprint density at radius 2 is 1.81 bits per heavy atom. The fraction of sp³-hybridized carbons (Fsp3) is 0.269. The average molecular weight is 431 g/mol. The third kappa shape index (κ3) is 4.35. The van der Waals surface area contributed by atoms with Gasteiger partial charge in [0.2, 0.25) is 5.91 Å². The van der Waals surface area contributed by atoms with E-state index in [4.69, 9.17) is 4.74 Å². The van der Waals surface area contributed by atoms with Gasteiger partial charge in [0.05, 0.1) is 18.6 Å². The van der Waals surface area contributed by atoms with Gasteiger partial charge in [0.15, 0.2) is 0 Å². The molecule has 1 heterocycles. The minimum atomic E-state index is -0.454. The summed E-state index contributed by atoms with van der Waals surface area (Å²) in [4.78, 5) is 39.9. The molecule has 1 aliphatic heterocycles. The number of benzene rings is 3. The molecule has 1 N–H and O–H groups in total. The van der Waals surface area contributed by atoms with Crippen molar-refractivity contribution in [3.63, 3.8) is 0 Å². The van der Waals surface area contributed by atoms with Crippen molar-refractivity contribution in [2.75, 3.05) is 25.5 Å². The number of amides is 2. The Bertz CT molecular complexity index is 1180. The molecule has 1 atom stereocenters. The molecule has 1 aliphatic rings. The van der Waals surface area contributed by atoms with Crippen LogP contribution in [0.15, 0.2) is 60.7 Å². The Kier molecular flexibility index (Phi) is 6.21. The number of methoxy groups -OCH3 is 1. The predicted molar refractivity (Wildman–Crippen MR) is 124 cm³/mol. The molecule has 0 saturated carbocycles. The fourth-order valence-corrected chi connectivity index (χ4v) is 4.19. The number of piperidine rings is 1. The number of fused-ring (bicyclic) bond motifs is 1. The number of likely N-dealkylation sites (tertiary alicyclic amines) is 1. The second kappa shape index (κ2) is 9.22. The molecule has 6 heteroatoms. The van der Waals surface area contributed by atoms with Gasteiger partial charge in [-0.15, -0.1) is 0 Å². The fourth-order valence-electron chi connectivity index (χ4n) is 4.19. The first-order chi connectivity index (χ1) is 15.5. The van der Waals surface area contributed by atoms with Crippen molar-refractivity contribution in [1.29, 1.82) is 0 Å². The number of rotatable bonds is 4. The first-order valence-electron chi connectivity index (χ1n) is 10.7. The van der Waals surface area contributed by atoms with Gasteiger partial charge in [0.25, 0.3) is 5.91 Å². The van der Waals surface area contributed by atoms with E-state index in [9.17, 15) is 14.4 Å². The number of aryl methyl sites for hydroxylation is 1. The number of carbonyl (C=O) groups excluding carboxylic acids is 3. The van der Waals surface area contributed by atoms with E-state index >= 15 is 0 Å². The van der Waals surface area contributed by atoms with Crippen LogP contribution in [0.2, 0.25) is 0 Å². The van der Waals surface area contributed by atoms with Crippen molar-refractivity contribution >= 4 is 34.2 Å². The lowest BCUT2D eigenvalue weighted by Gasteiger charge is -2.32. The van der Waals surface area contributed by atoms with Crippen molar-refractivity contribution in [2.45, 2.75) is 19.8 Å². The molecular weight excluding hydrogens is 404 g/mol. The Morgan fingerprint density at radius 1 is 1.03 bits per heavy atom. The van der Waals surface area contributed by atoms with Crippen LogP contribution in [0.1, 0.15) is 39.1 Å². The summed E-state index contributed by atoms with van der Waals surface area (Å²) in [5.74, 6) is -0.970. The van der Waals surface area contributed by atoms with Gasteiger partial charge in [0.1, 0.15) is 0 Å². The van der Waals surface area contributed by atoms with Crippen molar-refractivity contribution in [1.82, 2.24) is 4.90 Å². The molecule has 1 saturated heterocycles. The van der Waals surface area contributed by atoms with Gasteiger partial charge in [-0.05, 0) is 54.3 Å². The monoisotopic (exact) mass is 430 g/mol. The maximum atomic E-state index is 13.3. The van der Waals surface area contributed by atoms with Crippen molar-refractivity contribution in [3.05, 3.63) is 77.4 Å². The van der Waals surface area contributed by atoms with Crippen LogP contribution >= 0.6 is 0 Å². The van der Waals surface area contributed by atoms with Gasteiger partial charge >= 0.3 is 5.97 Å². The summed E-state index contributed by atoms with van der Waals surface area (Å²) in [5, 5.41) is 4.88. The van der Waals surface area contributed by atoms with Gasteiger partial charge < -0.3 is 15.0 Å². The number of ether oxygens (including phenoxy) is 1. The lowest BCUT2D eigenvalue weighted by Crippen LogP contribution is -2.43. The van der Waals surface area contributed by atoms with Crippen LogP contribution in [0.3, 0.4) is 0 Å². The highest BCUT2D eigenvalue weighted by molar-refractivity contribution is 6.07. The smallest absolute Gasteiger partial charge is 0.337 e. The van der Waals surface area contributed by atoms with E-state index in [-0.39, 0.29) is 17.7 Å². The molecule has 164 valence electrons. The number of esters is 1. The van der Waals surface area contributed by atoms with Crippen LogP contribution in [0.4, 0.5) is 5.69 Å². The Balaban J connectivity index is 1.50. The number of carbonyl (C=O) groups is 3. The summed E-state index contributed by atoms with van der Waals surface area (Å²) < 4.78 is 4.77. The largest absolute Gasteiger partial charge is 0.465 e. The van der Waals surface area contributed by atoms with Crippen molar-refractivity contribution in [3.8, 4) is 0 Å². The van der Waals surface area contributed by atoms with Gasteiger partial charge in [-0.3, -0.25) is 9.59 Å². The first kappa shape index (κ1) is 21.6. The third-order valence-electron chi connectivity index (χ3n) is 6.02. The van der Waals surface area contributed by atoms with Gasteiger partial charge in [-0.1, -0.05) is 42.5 Å². The number of nitrogens with zero attached hydrogens (tertiary/aromatic N) is 1. The van der Waals surface area contributed by atoms with Gasteiger partial charge in [0, 0.05) is 24.3 Å². The predicted octanol–water partition coefficient (Wildman–Crippen LogP) is 4.43. The minimum Gasteiger partial charge on any atom is -0.465 e. The third-order valence-corrected chi connectivity index (χ3v) is 6.02. The molecule has 0 spiro atoms. The second-order valence-electron chi connectivity index (χ2n) is 8.13. The van der Waals surface area contributed by atoms with E-state index in [1.165, 1.54) is 7.11 Å². The molecule has 0 radical (unpaired) electrons. The van der Waals surface area contributed by atoms with Crippen LogP contribution in [0.25, 0.3) is 10.8 Å². The Morgan fingerprint density at radius 3 is 2.62 bits per heavy atom. The van der Waals surface area contributed by atoms with Crippen LogP contribution in [0, 0.1) is 12.8 Å². The highest BCUT2D eigenvalue weighted by atomic mass is 16.5. The summed E-state index contributed by atoms with van der Waals surface area (Å²) >= 11 is 0. The highest BCUT2D eigenvalue weighted by Crippen LogP contribution is 2.25. The Hall–Kier alpha value is -3.67. The van der Waals surface area contributed by atoms with Crippen LogP contribution in [-0.4, -0.2) is 42.9 Å². The lowest BCUT2D eigenvalue weighted by atomic mass is 9.95. The van der Waals surface area contributed by atoms with E-state index in [0.717, 1.165) is 22.8 Å². The van der Waals surface area contributed by atoms with E-state index in [0.29, 0.717) is 36.3 Å². The number of hydrogen-bond acceptors (Lipinski definition) is 4. The zero-order chi connectivity index (χ0) is 22.7. The molecule has 0 aromatic heterocycles. The molecule has 32 heavy (non-hydrogen) atoms. The summed E-state index contributed by atoms with van der Waals surface area (Å²) in [6.45, 7) is 2.86. The van der Waals surface area contributed by atoms with Crippen molar-refractivity contribution < 1.29 is 19.1 Å². The summed E-state index contributed by atoms with van der Waals surface area (Å²) in [6, 6.07) is 18.6. The average Bonchev–Trinajstić information content (AvgIpc) is 2.84. The Labute approximate surface area is 187 Å². The van der Waals surface area contributed by atoms with E-state index in [1.54, 1.807) is 23.1 Å².